The van der Waals surface area contributed by atoms with E-state index in [1.54, 1.807) is 36.3 Å². The third-order valence-electron chi connectivity index (χ3n) is 3.61. The molecule has 0 unspecified atom stereocenters. The molecule has 0 N–H and O–H groups in total. The molecular weight excluding hydrogens is 332 g/mol. The second-order valence-corrected chi connectivity index (χ2v) is 5.73. The number of amides is 1. The van der Waals surface area contributed by atoms with Crippen LogP contribution in [0.1, 0.15) is 0 Å². The van der Waals surface area contributed by atoms with Crippen molar-refractivity contribution in [1.82, 2.24) is 9.88 Å². The topological polar surface area (TPSA) is 60.9 Å². The lowest BCUT2D eigenvalue weighted by Gasteiger charge is -2.38. The Morgan fingerprint density at radius 2 is 2.00 bits per heavy atom. The van der Waals surface area contributed by atoms with E-state index < -0.39 is 0 Å². The van der Waals surface area contributed by atoms with Gasteiger partial charge in [-0.25, -0.2) is 4.98 Å². The fourth-order valence-electron chi connectivity index (χ4n) is 2.29. The van der Waals surface area contributed by atoms with Crippen LogP contribution in [0.25, 0.3) is 0 Å². The Labute approximate surface area is 144 Å². The molecule has 2 heterocycles. The van der Waals surface area contributed by atoms with Crippen LogP contribution < -0.4 is 14.2 Å². The van der Waals surface area contributed by atoms with E-state index in [0.29, 0.717) is 35.5 Å². The first-order valence-corrected chi connectivity index (χ1v) is 7.85. The highest BCUT2D eigenvalue weighted by Crippen LogP contribution is 2.26. The van der Waals surface area contributed by atoms with Crippen molar-refractivity contribution in [3.05, 3.63) is 47.6 Å². The van der Waals surface area contributed by atoms with Gasteiger partial charge in [-0.2, -0.15) is 0 Å². The van der Waals surface area contributed by atoms with Crippen LogP contribution in [0.5, 0.6) is 17.4 Å². The number of para-hydroxylation sites is 2. The molecule has 1 aliphatic heterocycles. The van der Waals surface area contributed by atoms with Crippen LogP contribution in [0.15, 0.2) is 42.6 Å². The minimum absolute atomic E-state index is 0.0354. The Bertz CT molecular complexity index is 702. The molecule has 126 valence electrons. The molecule has 2 aromatic rings. The third kappa shape index (κ3) is 3.89. The average Bonchev–Trinajstić information content (AvgIpc) is 2.57. The van der Waals surface area contributed by atoms with Crippen molar-refractivity contribution in [2.75, 3.05) is 26.8 Å². The van der Waals surface area contributed by atoms with Gasteiger partial charge in [-0.1, -0.05) is 23.7 Å². The monoisotopic (exact) mass is 348 g/mol. The largest absolute Gasteiger partial charge is 0.493 e. The summed E-state index contributed by atoms with van der Waals surface area (Å²) < 4.78 is 16.4. The number of methoxy groups -OCH3 is 1. The highest BCUT2D eigenvalue weighted by Gasteiger charge is 2.32. The Kier molecular flexibility index (Phi) is 5.05. The van der Waals surface area contributed by atoms with Crippen LogP contribution in [0, 0.1) is 0 Å². The van der Waals surface area contributed by atoms with Gasteiger partial charge >= 0.3 is 0 Å². The zero-order valence-electron chi connectivity index (χ0n) is 13.1. The minimum atomic E-state index is -0.0928. The van der Waals surface area contributed by atoms with Gasteiger partial charge in [-0.05, 0) is 18.2 Å². The first-order valence-electron chi connectivity index (χ1n) is 7.47. The fourth-order valence-corrected chi connectivity index (χ4v) is 2.40. The highest BCUT2D eigenvalue weighted by atomic mass is 35.5. The average molecular weight is 349 g/mol. The Balaban J connectivity index is 1.44. The molecule has 7 heteroatoms. The number of hydrogen-bond donors (Lipinski definition) is 0. The number of likely N-dealkylation sites (tertiary alicyclic amines) is 1. The molecule has 1 saturated heterocycles. The van der Waals surface area contributed by atoms with Gasteiger partial charge in [0.15, 0.2) is 18.1 Å². The van der Waals surface area contributed by atoms with Crippen molar-refractivity contribution in [2.24, 2.45) is 0 Å². The summed E-state index contributed by atoms with van der Waals surface area (Å²) in [5.41, 5.74) is 0. The molecule has 24 heavy (non-hydrogen) atoms. The summed E-state index contributed by atoms with van der Waals surface area (Å²) in [6.07, 6.45) is 1.47. The maximum Gasteiger partial charge on any atom is 0.260 e. The zero-order chi connectivity index (χ0) is 16.9. The molecule has 1 aromatic heterocycles. The molecule has 1 amide bonds. The molecule has 0 spiro atoms. The molecule has 3 rings (SSSR count). The van der Waals surface area contributed by atoms with Gasteiger partial charge in [-0.15, -0.1) is 0 Å². The van der Waals surface area contributed by atoms with Gasteiger partial charge in [0.2, 0.25) is 5.88 Å². The van der Waals surface area contributed by atoms with E-state index in [4.69, 9.17) is 25.8 Å². The number of benzene rings is 1. The minimum Gasteiger partial charge on any atom is -0.493 e. The molecule has 0 radical (unpaired) electrons. The lowest BCUT2D eigenvalue weighted by molar-refractivity contribution is -0.142. The van der Waals surface area contributed by atoms with E-state index in [1.807, 2.05) is 12.1 Å². The standard InChI is InChI=1S/C17H17ClN2O4/c1-22-14-4-2-3-5-15(14)23-11-17(21)20-9-13(10-20)24-16-7-6-12(18)8-19-16/h2-8,13H,9-11H2,1H3. The van der Waals surface area contributed by atoms with E-state index in [9.17, 15) is 4.79 Å². The normalized spacial score (nSPS) is 14.0. The van der Waals surface area contributed by atoms with Gasteiger partial charge in [-0.3, -0.25) is 4.79 Å². The Hall–Kier alpha value is -2.47. The number of nitrogens with zero attached hydrogens (tertiary/aromatic N) is 2. The van der Waals surface area contributed by atoms with E-state index in [2.05, 4.69) is 4.98 Å². The van der Waals surface area contributed by atoms with Crippen LogP contribution >= 0.6 is 11.6 Å². The summed E-state index contributed by atoms with van der Waals surface area (Å²) in [5, 5.41) is 0.557. The smallest absolute Gasteiger partial charge is 0.260 e. The predicted octanol–water partition coefficient (Wildman–Crippen LogP) is 2.41. The first kappa shape index (κ1) is 16.4. The first-order chi connectivity index (χ1) is 11.7. The number of aromatic nitrogens is 1. The lowest BCUT2D eigenvalue weighted by Crippen LogP contribution is -2.57. The molecule has 1 aromatic carbocycles. The molecule has 6 nitrogen and oxygen atoms in total. The number of pyridine rings is 1. The van der Waals surface area contributed by atoms with Crippen LogP contribution in [-0.2, 0) is 4.79 Å². The molecular formula is C17H17ClN2O4. The molecule has 0 aliphatic carbocycles. The van der Waals surface area contributed by atoms with E-state index in [1.165, 1.54) is 6.20 Å². The number of hydrogen-bond acceptors (Lipinski definition) is 5. The zero-order valence-corrected chi connectivity index (χ0v) is 13.9. The number of halogens is 1. The van der Waals surface area contributed by atoms with Crippen molar-refractivity contribution in [3.63, 3.8) is 0 Å². The maximum atomic E-state index is 12.1. The quantitative estimate of drug-likeness (QED) is 0.802. The summed E-state index contributed by atoms with van der Waals surface area (Å²) in [5.74, 6) is 1.56. The summed E-state index contributed by atoms with van der Waals surface area (Å²) in [7, 11) is 1.56. The SMILES string of the molecule is COc1ccccc1OCC(=O)N1CC(Oc2ccc(Cl)cn2)C1. The molecule has 0 atom stereocenters. The van der Waals surface area contributed by atoms with Crippen LogP contribution in [0.4, 0.5) is 0 Å². The van der Waals surface area contributed by atoms with Crippen molar-refractivity contribution >= 4 is 17.5 Å². The molecule has 1 aliphatic rings. The van der Waals surface area contributed by atoms with Crippen molar-refractivity contribution in [3.8, 4) is 17.4 Å². The summed E-state index contributed by atoms with van der Waals surface area (Å²) in [6.45, 7) is 0.989. The van der Waals surface area contributed by atoms with Gasteiger partial charge < -0.3 is 19.1 Å². The van der Waals surface area contributed by atoms with Gasteiger partial charge in [0.25, 0.3) is 5.91 Å². The third-order valence-corrected chi connectivity index (χ3v) is 3.83. The number of ether oxygens (including phenoxy) is 3. The Morgan fingerprint density at radius 1 is 1.25 bits per heavy atom. The number of rotatable bonds is 6. The van der Waals surface area contributed by atoms with E-state index in [-0.39, 0.29) is 18.6 Å². The van der Waals surface area contributed by atoms with Crippen molar-refractivity contribution in [1.29, 1.82) is 0 Å². The van der Waals surface area contributed by atoms with Crippen molar-refractivity contribution < 1.29 is 19.0 Å². The molecule has 1 fully saturated rings. The lowest BCUT2D eigenvalue weighted by atomic mass is 10.1. The summed E-state index contributed by atoms with van der Waals surface area (Å²) in [6, 6.07) is 10.6. The second kappa shape index (κ2) is 7.40. The van der Waals surface area contributed by atoms with Crippen LogP contribution in [-0.4, -0.2) is 48.7 Å². The maximum absolute atomic E-state index is 12.1. The Morgan fingerprint density at radius 3 is 2.67 bits per heavy atom. The van der Waals surface area contributed by atoms with E-state index in [0.717, 1.165) is 0 Å². The second-order valence-electron chi connectivity index (χ2n) is 5.29. The van der Waals surface area contributed by atoms with Crippen LogP contribution in [0.2, 0.25) is 5.02 Å². The van der Waals surface area contributed by atoms with E-state index >= 15 is 0 Å². The van der Waals surface area contributed by atoms with Gasteiger partial charge in [0.1, 0.15) is 6.10 Å². The molecule has 0 saturated carbocycles. The highest BCUT2D eigenvalue weighted by molar-refractivity contribution is 6.30. The summed E-state index contributed by atoms with van der Waals surface area (Å²) >= 11 is 5.77. The number of carbonyl (C=O) groups excluding carboxylic acids is 1. The number of carbonyl (C=O) groups is 1. The van der Waals surface area contributed by atoms with Gasteiger partial charge in [0.05, 0.1) is 25.2 Å². The predicted molar refractivity (Wildman–Crippen MR) is 88.7 cm³/mol. The molecule has 0 bridgehead atoms. The summed E-state index contributed by atoms with van der Waals surface area (Å²) in [4.78, 5) is 17.9. The van der Waals surface area contributed by atoms with Crippen LogP contribution in [0.3, 0.4) is 0 Å². The fraction of sp³-hybridized carbons (Fsp3) is 0.294. The van der Waals surface area contributed by atoms with Gasteiger partial charge in [0, 0.05) is 12.3 Å². The van der Waals surface area contributed by atoms with Crippen molar-refractivity contribution in [2.45, 2.75) is 6.10 Å².